The lowest BCUT2D eigenvalue weighted by molar-refractivity contribution is 0.0689. The first-order valence-corrected chi connectivity index (χ1v) is 7.02. The second-order valence-electron chi connectivity index (χ2n) is 5.33. The zero-order chi connectivity index (χ0) is 14.8. The Morgan fingerprint density at radius 2 is 2.10 bits per heavy atom. The molecule has 6 heteroatoms. The van der Waals surface area contributed by atoms with Gasteiger partial charge < -0.3 is 9.84 Å². The van der Waals surface area contributed by atoms with Gasteiger partial charge in [0.25, 0.3) is 0 Å². The molecule has 0 aliphatic heterocycles. The van der Waals surface area contributed by atoms with Crippen LogP contribution in [0.2, 0.25) is 0 Å². The third-order valence-electron chi connectivity index (χ3n) is 2.61. The van der Waals surface area contributed by atoms with Crippen molar-refractivity contribution in [1.29, 1.82) is 0 Å². The van der Waals surface area contributed by atoms with Crippen LogP contribution in [0.3, 0.4) is 0 Å². The normalized spacial score (nSPS) is 11.3. The molecule has 20 heavy (non-hydrogen) atoms. The van der Waals surface area contributed by atoms with Crippen LogP contribution in [-0.4, -0.2) is 21.0 Å². The lowest BCUT2D eigenvalue weighted by Gasteiger charge is -2.14. The van der Waals surface area contributed by atoms with Gasteiger partial charge in [0.2, 0.25) is 5.88 Å². The predicted molar refractivity (Wildman–Crippen MR) is 76.3 cm³/mol. The number of hydrogen-bond donors (Lipinski definition) is 1. The number of aromatic carboxylic acids is 1. The molecule has 0 aliphatic rings. The van der Waals surface area contributed by atoms with E-state index in [-0.39, 0.29) is 23.6 Å². The number of rotatable bonds is 4. The highest BCUT2D eigenvalue weighted by molar-refractivity contribution is 7.09. The van der Waals surface area contributed by atoms with E-state index in [0.29, 0.717) is 0 Å². The van der Waals surface area contributed by atoms with E-state index in [1.807, 2.05) is 5.38 Å². The van der Waals surface area contributed by atoms with Crippen LogP contribution in [0.15, 0.2) is 23.6 Å². The summed E-state index contributed by atoms with van der Waals surface area (Å²) < 4.78 is 5.48. The molecule has 0 unspecified atom stereocenters. The highest BCUT2D eigenvalue weighted by Crippen LogP contribution is 2.24. The van der Waals surface area contributed by atoms with Gasteiger partial charge in [-0.2, -0.15) is 0 Å². The van der Waals surface area contributed by atoms with Crippen LogP contribution in [0.5, 0.6) is 5.88 Å². The molecule has 0 fully saturated rings. The summed E-state index contributed by atoms with van der Waals surface area (Å²) in [6.45, 7) is 6.59. The predicted octanol–water partition coefficient (Wildman–Crippen LogP) is 3.11. The first-order valence-electron chi connectivity index (χ1n) is 6.14. The molecular formula is C14H16N2O3S. The molecule has 0 amide bonds. The summed E-state index contributed by atoms with van der Waals surface area (Å²) in [7, 11) is 0. The molecule has 2 aromatic heterocycles. The van der Waals surface area contributed by atoms with E-state index in [2.05, 4.69) is 30.7 Å². The summed E-state index contributed by atoms with van der Waals surface area (Å²) in [5.41, 5.74) is 1.00. The quantitative estimate of drug-likeness (QED) is 0.937. The molecule has 2 rings (SSSR count). The molecule has 0 saturated carbocycles. The van der Waals surface area contributed by atoms with Crippen molar-refractivity contribution in [3.63, 3.8) is 0 Å². The molecule has 1 N–H and O–H groups in total. The molecule has 2 heterocycles. The molecule has 0 aliphatic carbocycles. The number of nitrogens with zero attached hydrogens (tertiary/aromatic N) is 2. The van der Waals surface area contributed by atoms with Gasteiger partial charge in [-0.05, 0) is 6.07 Å². The smallest absolute Gasteiger partial charge is 0.354 e. The monoisotopic (exact) mass is 292 g/mol. The van der Waals surface area contributed by atoms with Gasteiger partial charge in [-0.1, -0.05) is 26.8 Å². The van der Waals surface area contributed by atoms with Crippen molar-refractivity contribution in [2.24, 2.45) is 0 Å². The van der Waals surface area contributed by atoms with Crippen molar-refractivity contribution in [2.45, 2.75) is 32.8 Å². The SMILES string of the molecule is CC(C)(C)c1csc(COc2cccc(C(=O)O)n2)n1. The molecular weight excluding hydrogens is 276 g/mol. The largest absolute Gasteiger partial charge is 0.477 e. The van der Waals surface area contributed by atoms with Crippen LogP contribution in [0, 0.1) is 0 Å². The fourth-order valence-electron chi connectivity index (χ4n) is 1.47. The van der Waals surface area contributed by atoms with E-state index in [0.717, 1.165) is 10.7 Å². The number of thiazole rings is 1. The maximum absolute atomic E-state index is 10.8. The number of carboxylic acid groups (broad SMARTS) is 1. The number of hydrogen-bond acceptors (Lipinski definition) is 5. The maximum Gasteiger partial charge on any atom is 0.354 e. The highest BCUT2D eigenvalue weighted by Gasteiger charge is 2.17. The minimum absolute atomic E-state index is 0.0101. The lowest BCUT2D eigenvalue weighted by Crippen LogP contribution is -2.11. The summed E-state index contributed by atoms with van der Waals surface area (Å²) in [6.07, 6.45) is 0. The van der Waals surface area contributed by atoms with Crippen molar-refractivity contribution >= 4 is 17.3 Å². The van der Waals surface area contributed by atoms with Crippen LogP contribution in [0.4, 0.5) is 0 Å². The zero-order valence-electron chi connectivity index (χ0n) is 11.6. The lowest BCUT2D eigenvalue weighted by atomic mass is 9.93. The van der Waals surface area contributed by atoms with Crippen LogP contribution < -0.4 is 4.74 Å². The van der Waals surface area contributed by atoms with Gasteiger partial charge in [0.05, 0.1) is 5.69 Å². The number of carbonyl (C=O) groups is 1. The van der Waals surface area contributed by atoms with E-state index in [1.54, 1.807) is 12.1 Å². The number of aromatic nitrogens is 2. The van der Waals surface area contributed by atoms with Gasteiger partial charge in [-0.15, -0.1) is 11.3 Å². The average molecular weight is 292 g/mol. The number of carboxylic acids is 1. The Hall–Kier alpha value is -1.95. The van der Waals surface area contributed by atoms with Crippen LogP contribution in [0.1, 0.15) is 42.0 Å². The minimum Gasteiger partial charge on any atom is -0.477 e. The topological polar surface area (TPSA) is 72.3 Å². The van der Waals surface area contributed by atoms with Crippen molar-refractivity contribution in [3.05, 3.63) is 40.0 Å². The third kappa shape index (κ3) is 3.54. The Morgan fingerprint density at radius 1 is 1.35 bits per heavy atom. The summed E-state index contributed by atoms with van der Waals surface area (Å²) in [5.74, 6) is -0.780. The Kier molecular flexibility index (Phi) is 4.04. The van der Waals surface area contributed by atoms with Crippen LogP contribution in [0.25, 0.3) is 0 Å². The van der Waals surface area contributed by atoms with Crippen LogP contribution in [-0.2, 0) is 12.0 Å². The van der Waals surface area contributed by atoms with E-state index < -0.39 is 5.97 Å². The Bertz CT molecular complexity index is 617. The van der Waals surface area contributed by atoms with Crippen molar-refractivity contribution in [3.8, 4) is 5.88 Å². The molecule has 0 spiro atoms. The average Bonchev–Trinajstić information content (AvgIpc) is 2.85. The van der Waals surface area contributed by atoms with Crippen molar-refractivity contribution in [1.82, 2.24) is 9.97 Å². The maximum atomic E-state index is 10.8. The molecule has 0 radical (unpaired) electrons. The fraction of sp³-hybridized carbons (Fsp3) is 0.357. The molecule has 5 nitrogen and oxygen atoms in total. The fourth-order valence-corrected chi connectivity index (χ4v) is 2.40. The van der Waals surface area contributed by atoms with E-state index in [4.69, 9.17) is 9.84 Å². The summed E-state index contributed by atoms with van der Waals surface area (Å²) in [6, 6.07) is 4.66. The first kappa shape index (κ1) is 14.5. The summed E-state index contributed by atoms with van der Waals surface area (Å²) in [5, 5.41) is 11.7. The minimum atomic E-state index is -1.07. The summed E-state index contributed by atoms with van der Waals surface area (Å²) in [4.78, 5) is 19.2. The molecule has 2 aromatic rings. The Labute approximate surface area is 121 Å². The standard InChI is InChI=1S/C14H16N2O3S/c1-14(2,3)10-8-20-12(16-10)7-19-11-6-4-5-9(15-11)13(17)18/h4-6,8H,7H2,1-3H3,(H,17,18). The van der Waals surface area contributed by atoms with Gasteiger partial charge in [0.15, 0.2) is 5.69 Å². The van der Waals surface area contributed by atoms with Crippen molar-refractivity contribution < 1.29 is 14.6 Å². The summed E-state index contributed by atoms with van der Waals surface area (Å²) >= 11 is 1.53. The highest BCUT2D eigenvalue weighted by atomic mass is 32.1. The molecule has 106 valence electrons. The first-order chi connectivity index (χ1) is 9.36. The van der Waals surface area contributed by atoms with Gasteiger partial charge in [0, 0.05) is 16.9 Å². The molecule has 0 saturated heterocycles. The Balaban J connectivity index is 2.04. The molecule has 0 atom stereocenters. The second-order valence-corrected chi connectivity index (χ2v) is 6.27. The van der Waals surface area contributed by atoms with E-state index in [9.17, 15) is 4.79 Å². The Morgan fingerprint density at radius 3 is 2.70 bits per heavy atom. The van der Waals surface area contributed by atoms with Crippen LogP contribution >= 0.6 is 11.3 Å². The van der Waals surface area contributed by atoms with Gasteiger partial charge in [0.1, 0.15) is 11.6 Å². The van der Waals surface area contributed by atoms with Gasteiger partial charge >= 0.3 is 5.97 Å². The molecule has 0 aromatic carbocycles. The molecule has 0 bridgehead atoms. The zero-order valence-corrected chi connectivity index (χ0v) is 12.4. The second kappa shape index (κ2) is 5.58. The number of pyridine rings is 1. The van der Waals surface area contributed by atoms with E-state index >= 15 is 0 Å². The number of ether oxygens (including phenoxy) is 1. The third-order valence-corrected chi connectivity index (χ3v) is 3.43. The van der Waals surface area contributed by atoms with Gasteiger partial charge in [-0.25, -0.2) is 14.8 Å². The van der Waals surface area contributed by atoms with Gasteiger partial charge in [-0.3, -0.25) is 0 Å². The van der Waals surface area contributed by atoms with E-state index in [1.165, 1.54) is 17.4 Å². The van der Waals surface area contributed by atoms with Crippen molar-refractivity contribution in [2.75, 3.05) is 0 Å².